The molecule has 0 radical (unpaired) electrons. The predicted molar refractivity (Wildman–Crippen MR) is 63.9 cm³/mol. The molecular formula is C11H16BrNO2. The summed E-state index contributed by atoms with van der Waals surface area (Å²) in [5.41, 5.74) is 7.41. The molecule has 4 heteroatoms. The van der Waals surface area contributed by atoms with Crippen LogP contribution in [-0.4, -0.2) is 18.8 Å². The quantitative estimate of drug-likeness (QED) is 0.865. The molecule has 0 saturated carbocycles. The molecule has 1 aromatic rings. The summed E-state index contributed by atoms with van der Waals surface area (Å²) in [6.45, 7) is 1.18. The Morgan fingerprint density at radius 2 is 2.20 bits per heavy atom. The minimum absolute atomic E-state index is 0.309. The molecule has 0 fully saturated rings. The minimum Gasteiger partial charge on any atom is -0.506 e. The first-order valence-electron chi connectivity index (χ1n) is 4.88. The fourth-order valence-electron chi connectivity index (χ4n) is 1.45. The Morgan fingerprint density at radius 1 is 1.47 bits per heavy atom. The van der Waals surface area contributed by atoms with Gasteiger partial charge in [-0.15, -0.1) is 0 Å². The number of phenolic OH excluding ortho intramolecular Hbond substituents is 1. The van der Waals surface area contributed by atoms with Crippen molar-refractivity contribution < 1.29 is 9.84 Å². The van der Waals surface area contributed by atoms with E-state index in [0.717, 1.165) is 24.0 Å². The van der Waals surface area contributed by atoms with Gasteiger partial charge in [-0.1, -0.05) is 0 Å². The van der Waals surface area contributed by atoms with Crippen molar-refractivity contribution in [3.8, 4) is 5.75 Å². The van der Waals surface area contributed by atoms with Crippen molar-refractivity contribution >= 4 is 15.9 Å². The molecule has 0 aliphatic heterocycles. The summed E-state index contributed by atoms with van der Waals surface area (Å²) in [4.78, 5) is 0. The van der Waals surface area contributed by atoms with Gasteiger partial charge in [0.15, 0.2) is 0 Å². The van der Waals surface area contributed by atoms with Crippen LogP contribution in [0.3, 0.4) is 0 Å². The Hall–Kier alpha value is -0.580. The van der Waals surface area contributed by atoms with Gasteiger partial charge in [-0.05, 0) is 58.6 Å². The molecule has 3 N–H and O–H groups in total. The number of aryl methyl sites for hydroxylation is 1. The summed E-state index contributed by atoms with van der Waals surface area (Å²) < 4.78 is 5.77. The molecule has 1 aromatic carbocycles. The van der Waals surface area contributed by atoms with E-state index in [-0.39, 0.29) is 0 Å². The molecule has 0 bridgehead atoms. The van der Waals surface area contributed by atoms with Crippen molar-refractivity contribution in [2.24, 2.45) is 5.73 Å². The van der Waals surface area contributed by atoms with Crippen LogP contribution >= 0.6 is 15.9 Å². The summed E-state index contributed by atoms with van der Waals surface area (Å²) >= 11 is 3.32. The van der Waals surface area contributed by atoms with E-state index in [4.69, 9.17) is 10.5 Å². The summed E-state index contributed by atoms with van der Waals surface area (Å²) in [6, 6.07) is 3.82. The standard InChI is InChI=1S/C11H16BrNO2/c1-15-7-8-5-9(3-2-4-13)11(14)10(12)6-8/h5-6,14H,2-4,7,13H2,1H3. The molecule has 15 heavy (non-hydrogen) atoms. The van der Waals surface area contributed by atoms with Gasteiger partial charge < -0.3 is 15.6 Å². The normalized spacial score (nSPS) is 10.6. The number of rotatable bonds is 5. The predicted octanol–water partition coefficient (Wildman–Crippen LogP) is 2.19. The van der Waals surface area contributed by atoms with Crippen molar-refractivity contribution in [2.75, 3.05) is 13.7 Å². The highest BCUT2D eigenvalue weighted by molar-refractivity contribution is 9.10. The third kappa shape index (κ3) is 3.48. The Morgan fingerprint density at radius 3 is 2.80 bits per heavy atom. The first-order chi connectivity index (χ1) is 7.19. The summed E-state index contributed by atoms with van der Waals surface area (Å²) in [5, 5.41) is 9.79. The van der Waals surface area contributed by atoms with E-state index in [1.54, 1.807) is 7.11 Å². The Kier molecular flexibility index (Phi) is 5.08. The number of methoxy groups -OCH3 is 1. The number of nitrogens with two attached hydrogens (primary N) is 1. The average molecular weight is 274 g/mol. The van der Waals surface area contributed by atoms with E-state index in [1.807, 2.05) is 12.1 Å². The molecule has 0 spiro atoms. The number of phenols is 1. The van der Waals surface area contributed by atoms with Crippen LogP contribution in [-0.2, 0) is 17.8 Å². The lowest BCUT2D eigenvalue weighted by Crippen LogP contribution is -2.01. The third-order valence-electron chi connectivity index (χ3n) is 2.16. The van der Waals surface area contributed by atoms with Gasteiger partial charge in [0, 0.05) is 7.11 Å². The van der Waals surface area contributed by atoms with E-state index < -0.39 is 0 Å². The second-order valence-corrected chi connectivity index (χ2v) is 4.26. The number of halogens is 1. The lowest BCUT2D eigenvalue weighted by atomic mass is 10.1. The van der Waals surface area contributed by atoms with Crippen molar-refractivity contribution in [3.63, 3.8) is 0 Å². The fraction of sp³-hybridized carbons (Fsp3) is 0.455. The number of hydrogen-bond acceptors (Lipinski definition) is 3. The van der Waals surface area contributed by atoms with Crippen molar-refractivity contribution in [2.45, 2.75) is 19.4 Å². The molecule has 0 saturated heterocycles. The zero-order chi connectivity index (χ0) is 11.3. The van der Waals surface area contributed by atoms with Gasteiger partial charge in [-0.2, -0.15) is 0 Å². The van der Waals surface area contributed by atoms with E-state index in [0.29, 0.717) is 23.4 Å². The molecule has 84 valence electrons. The molecule has 0 aliphatic carbocycles. The maximum atomic E-state index is 9.79. The van der Waals surface area contributed by atoms with Crippen molar-refractivity contribution in [1.82, 2.24) is 0 Å². The molecule has 0 aliphatic rings. The number of hydrogen-bond donors (Lipinski definition) is 2. The number of benzene rings is 1. The molecule has 0 amide bonds. The Balaban J connectivity index is 2.91. The van der Waals surface area contributed by atoms with Gasteiger partial charge >= 0.3 is 0 Å². The highest BCUT2D eigenvalue weighted by Crippen LogP contribution is 2.30. The monoisotopic (exact) mass is 273 g/mol. The van der Waals surface area contributed by atoms with E-state index in [1.165, 1.54) is 0 Å². The first-order valence-corrected chi connectivity index (χ1v) is 5.67. The van der Waals surface area contributed by atoms with Gasteiger partial charge in [0.25, 0.3) is 0 Å². The van der Waals surface area contributed by atoms with E-state index >= 15 is 0 Å². The van der Waals surface area contributed by atoms with Gasteiger partial charge in [0.05, 0.1) is 11.1 Å². The van der Waals surface area contributed by atoms with Crippen molar-refractivity contribution in [1.29, 1.82) is 0 Å². The lowest BCUT2D eigenvalue weighted by molar-refractivity contribution is 0.184. The van der Waals surface area contributed by atoms with E-state index in [2.05, 4.69) is 15.9 Å². The number of ether oxygens (including phenoxy) is 1. The lowest BCUT2D eigenvalue weighted by Gasteiger charge is -2.09. The van der Waals surface area contributed by atoms with Gasteiger partial charge in [0.2, 0.25) is 0 Å². The van der Waals surface area contributed by atoms with Crippen molar-refractivity contribution in [3.05, 3.63) is 27.7 Å². The van der Waals surface area contributed by atoms with Crippen LogP contribution in [0, 0.1) is 0 Å². The highest BCUT2D eigenvalue weighted by Gasteiger charge is 2.07. The maximum Gasteiger partial charge on any atom is 0.132 e. The topological polar surface area (TPSA) is 55.5 Å². The van der Waals surface area contributed by atoms with Gasteiger partial charge in [0.1, 0.15) is 5.75 Å². The second-order valence-electron chi connectivity index (χ2n) is 3.41. The SMILES string of the molecule is COCc1cc(Br)c(O)c(CCCN)c1. The molecule has 0 atom stereocenters. The maximum absolute atomic E-state index is 9.79. The molecule has 1 rings (SSSR count). The van der Waals surface area contributed by atoms with Crippen LogP contribution < -0.4 is 5.73 Å². The summed E-state index contributed by atoms with van der Waals surface area (Å²) in [6.07, 6.45) is 1.66. The van der Waals surface area contributed by atoms with Crippen LogP contribution in [0.2, 0.25) is 0 Å². The largest absolute Gasteiger partial charge is 0.506 e. The third-order valence-corrected chi connectivity index (χ3v) is 2.77. The fourth-order valence-corrected chi connectivity index (χ4v) is 2.00. The molecular weight excluding hydrogens is 258 g/mol. The zero-order valence-corrected chi connectivity index (χ0v) is 10.4. The molecule has 0 heterocycles. The Labute approximate surface area is 98.4 Å². The smallest absolute Gasteiger partial charge is 0.132 e. The van der Waals surface area contributed by atoms with Gasteiger partial charge in [-0.25, -0.2) is 0 Å². The van der Waals surface area contributed by atoms with E-state index in [9.17, 15) is 5.11 Å². The minimum atomic E-state index is 0.309. The zero-order valence-electron chi connectivity index (χ0n) is 8.79. The number of aromatic hydroxyl groups is 1. The van der Waals surface area contributed by atoms with Crippen LogP contribution in [0.1, 0.15) is 17.5 Å². The van der Waals surface area contributed by atoms with Crippen LogP contribution in [0.4, 0.5) is 0 Å². The molecule has 3 nitrogen and oxygen atoms in total. The van der Waals surface area contributed by atoms with Crippen LogP contribution in [0.15, 0.2) is 16.6 Å². The summed E-state index contributed by atoms with van der Waals surface area (Å²) in [7, 11) is 1.65. The molecule has 0 aromatic heterocycles. The van der Waals surface area contributed by atoms with Crippen LogP contribution in [0.25, 0.3) is 0 Å². The molecule has 0 unspecified atom stereocenters. The van der Waals surface area contributed by atoms with Crippen LogP contribution in [0.5, 0.6) is 5.75 Å². The average Bonchev–Trinajstić information content (AvgIpc) is 2.21. The highest BCUT2D eigenvalue weighted by atomic mass is 79.9. The first kappa shape index (κ1) is 12.5. The summed E-state index contributed by atoms with van der Waals surface area (Å²) in [5.74, 6) is 0.309. The second kappa shape index (κ2) is 6.10. The van der Waals surface area contributed by atoms with Gasteiger partial charge in [-0.3, -0.25) is 0 Å². The Bertz CT molecular complexity index is 329.